The standard InChI is InChI=1S/C12H18FN/c1-4-14-10(3)7-11-8-12(13)6-5-9(11)2/h5-6,8,10,14H,4,7H2,1-3H3. The summed E-state index contributed by atoms with van der Waals surface area (Å²) in [7, 11) is 0. The second-order valence-electron chi connectivity index (χ2n) is 3.73. The quantitative estimate of drug-likeness (QED) is 0.779. The zero-order valence-electron chi connectivity index (χ0n) is 9.10. The van der Waals surface area contributed by atoms with Gasteiger partial charge in [0, 0.05) is 6.04 Å². The zero-order chi connectivity index (χ0) is 10.6. The first kappa shape index (κ1) is 11.2. The lowest BCUT2D eigenvalue weighted by atomic mass is 10.0. The normalized spacial score (nSPS) is 12.9. The molecule has 0 saturated carbocycles. The fourth-order valence-electron chi connectivity index (χ4n) is 1.61. The number of hydrogen-bond acceptors (Lipinski definition) is 1. The number of benzene rings is 1. The van der Waals surface area contributed by atoms with Gasteiger partial charge >= 0.3 is 0 Å². The summed E-state index contributed by atoms with van der Waals surface area (Å²) >= 11 is 0. The Morgan fingerprint density at radius 3 is 2.79 bits per heavy atom. The van der Waals surface area contributed by atoms with E-state index < -0.39 is 0 Å². The zero-order valence-corrected chi connectivity index (χ0v) is 9.10. The van der Waals surface area contributed by atoms with E-state index in [1.165, 1.54) is 6.07 Å². The van der Waals surface area contributed by atoms with E-state index in [0.717, 1.165) is 24.1 Å². The molecule has 0 fully saturated rings. The first-order valence-electron chi connectivity index (χ1n) is 5.12. The molecule has 0 aromatic heterocycles. The molecule has 1 aromatic rings. The van der Waals surface area contributed by atoms with Crippen molar-refractivity contribution < 1.29 is 4.39 Å². The smallest absolute Gasteiger partial charge is 0.123 e. The summed E-state index contributed by atoms with van der Waals surface area (Å²) in [6.45, 7) is 7.17. The van der Waals surface area contributed by atoms with Gasteiger partial charge in [0.05, 0.1) is 0 Å². The molecule has 0 amide bonds. The van der Waals surface area contributed by atoms with E-state index >= 15 is 0 Å². The van der Waals surface area contributed by atoms with Crippen molar-refractivity contribution in [2.24, 2.45) is 0 Å². The summed E-state index contributed by atoms with van der Waals surface area (Å²) in [5.74, 6) is -0.144. The Morgan fingerprint density at radius 2 is 2.14 bits per heavy atom. The topological polar surface area (TPSA) is 12.0 Å². The summed E-state index contributed by atoms with van der Waals surface area (Å²) in [4.78, 5) is 0. The molecule has 1 atom stereocenters. The molecule has 1 nitrogen and oxygen atoms in total. The van der Waals surface area contributed by atoms with Gasteiger partial charge in [-0.3, -0.25) is 0 Å². The Labute approximate surface area is 85.3 Å². The summed E-state index contributed by atoms with van der Waals surface area (Å²) in [5, 5.41) is 3.32. The number of aryl methyl sites for hydroxylation is 1. The maximum atomic E-state index is 13.0. The lowest BCUT2D eigenvalue weighted by molar-refractivity contribution is 0.560. The van der Waals surface area contributed by atoms with E-state index in [1.807, 2.05) is 13.0 Å². The maximum absolute atomic E-state index is 13.0. The second kappa shape index (κ2) is 5.11. The van der Waals surface area contributed by atoms with Crippen molar-refractivity contribution in [3.8, 4) is 0 Å². The summed E-state index contributed by atoms with van der Waals surface area (Å²) in [5.41, 5.74) is 2.26. The molecule has 0 aliphatic carbocycles. The van der Waals surface area contributed by atoms with Crippen molar-refractivity contribution in [1.82, 2.24) is 5.32 Å². The average Bonchev–Trinajstić information content (AvgIpc) is 2.12. The van der Waals surface area contributed by atoms with Crippen molar-refractivity contribution in [1.29, 1.82) is 0 Å². The number of nitrogens with one attached hydrogen (secondary N) is 1. The van der Waals surface area contributed by atoms with Gasteiger partial charge < -0.3 is 5.32 Å². The van der Waals surface area contributed by atoms with Gasteiger partial charge in [-0.15, -0.1) is 0 Å². The summed E-state index contributed by atoms with van der Waals surface area (Å²) in [6.07, 6.45) is 0.886. The van der Waals surface area contributed by atoms with Gasteiger partial charge in [0.25, 0.3) is 0 Å². The van der Waals surface area contributed by atoms with E-state index in [1.54, 1.807) is 6.07 Å². The highest BCUT2D eigenvalue weighted by molar-refractivity contribution is 5.27. The van der Waals surface area contributed by atoms with Gasteiger partial charge in [0.2, 0.25) is 0 Å². The number of halogens is 1. The van der Waals surface area contributed by atoms with Crippen LogP contribution in [0, 0.1) is 12.7 Å². The van der Waals surface area contributed by atoms with Crippen LogP contribution in [0.2, 0.25) is 0 Å². The molecule has 0 spiro atoms. The molecular weight excluding hydrogens is 177 g/mol. The van der Waals surface area contributed by atoms with Gasteiger partial charge in [0.15, 0.2) is 0 Å². The van der Waals surface area contributed by atoms with Crippen molar-refractivity contribution in [3.05, 3.63) is 35.1 Å². The van der Waals surface area contributed by atoms with Crippen LogP contribution >= 0.6 is 0 Å². The molecular formula is C12H18FN. The highest BCUT2D eigenvalue weighted by Gasteiger charge is 2.05. The Hall–Kier alpha value is -0.890. The van der Waals surface area contributed by atoms with Crippen LogP contribution in [-0.2, 0) is 6.42 Å². The Morgan fingerprint density at radius 1 is 1.43 bits per heavy atom. The van der Waals surface area contributed by atoms with Crippen LogP contribution in [0.4, 0.5) is 4.39 Å². The van der Waals surface area contributed by atoms with Crippen molar-refractivity contribution in [2.75, 3.05) is 6.54 Å². The van der Waals surface area contributed by atoms with Gasteiger partial charge in [-0.2, -0.15) is 0 Å². The predicted molar refractivity (Wildman–Crippen MR) is 58.0 cm³/mol. The van der Waals surface area contributed by atoms with Gasteiger partial charge in [0.1, 0.15) is 5.82 Å². The average molecular weight is 195 g/mol. The lowest BCUT2D eigenvalue weighted by Gasteiger charge is -2.13. The van der Waals surface area contributed by atoms with Crippen LogP contribution < -0.4 is 5.32 Å². The fourth-order valence-corrected chi connectivity index (χ4v) is 1.61. The lowest BCUT2D eigenvalue weighted by Crippen LogP contribution is -2.27. The number of hydrogen-bond donors (Lipinski definition) is 1. The molecule has 0 bridgehead atoms. The molecule has 1 unspecified atom stereocenters. The first-order valence-corrected chi connectivity index (χ1v) is 5.12. The van der Waals surface area contributed by atoms with Crippen LogP contribution in [0.1, 0.15) is 25.0 Å². The minimum Gasteiger partial charge on any atom is -0.314 e. The SMILES string of the molecule is CCNC(C)Cc1cc(F)ccc1C. The van der Waals surface area contributed by atoms with Gasteiger partial charge in [-0.25, -0.2) is 4.39 Å². The van der Waals surface area contributed by atoms with Crippen LogP contribution in [-0.4, -0.2) is 12.6 Å². The highest BCUT2D eigenvalue weighted by Crippen LogP contribution is 2.12. The Kier molecular flexibility index (Phi) is 4.08. The Balaban J connectivity index is 2.70. The number of likely N-dealkylation sites (N-methyl/N-ethyl adjacent to an activating group) is 1. The van der Waals surface area contributed by atoms with E-state index in [4.69, 9.17) is 0 Å². The van der Waals surface area contributed by atoms with E-state index in [-0.39, 0.29) is 5.82 Å². The second-order valence-corrected chi connectivity index (χ2v) is 3.73. The molecule has 0 aliphatic heterocycles. The van der Waals surface area contributed by atoms with Crippen molar-refractivity contribution in [2.45, 2.75) is 33.2 Å². The first-order chi connectivity index (χ1) is 6.63. The molecule has 1 aromatic carbocycles. The van der Waals surface area contributed by atoms with Crippen LogP contribution in [0.25, 0.3) is 0 Å². The molecule has 14 heavy (non-hydrogen) atoms. The largest absolute Gasteiger partial charge is 0.314 e. The summed E-state index contributed by atoms with van der Waals surface area (Å²) in [6, 6.07) is 5.38. The molecule has 0 aliphatic rings. The Bertz CT molecular complexity index is 296. The van der Waals surface area contributed by atoms with Gasteiger partial charge in [-0.1, -0.05) is 13.0 Å². The molecule has 1 rings (SSSR count). The van der Waals surface area contributed by atoms with E-state index in [9.17, 15) is 4.39 Å². The number of rotatable bonds is 4. The predicted octanol–water partition coefficient (Wildman–Crippen LogP) is 2.67. The van der Waals surface area contributed by atoms with Gasteiger partial charge in [-0.05, 0) is 50.1 Å². The molecule has 1 N–H and O–H groups in total. The third-order valence-corrected chi connectivity index (χ3v) is 2.39. The highest BCUT2D eigenvalue weighted by atomic mass is 19.1. The molecule has 0 saturated heterocycles. The fraction of sp³-hybridized carbons (Fsp3) is 0.500. The molecule has 2 heteroatoms. The third-order valence-electron chi connectivity index (χ3n) is 2.39. The molecule has 78 valence electrons. The van der Waals surface area contributed by atoms with Crippen molar-refractivity contribution in [3.63, 3.8) is 0 Å². The van der Waals surface area contributed by atoms with Crippen LogP contribution in [0.5, 0.6) is 0 Å². The van der Waals surface area contributed by atoms with E-state index in [2.05, 4.69) is 19.2 Å². The molecule has 0 radical (unpaired) electrons. The minimum atomic E-state index is -0.144. The summed E-state index contributed by atoms with van der Waals surface area (Å²) < 4.78 is 13.0. The minimum absolute atomic E-state index is 0.144. The maximum Gasteiger partial charge on any atom is 0.123 e. The van der Waals surface area contributed by atoms with Crippen LogP contribution in [0.3, 0.4) is 0 Å². The van der Waals surface area contributed by atoms with E-state index in [0.29, 0.717) is 6.04 Å². The third kappa shape index (κ3) is 3.11. The van der Waals surface area contributed by atoms with Crippen LogP contribution in [0.15, 0.2) is 18.2 Å². The monoisotopic (exact) mass is 195 g/mol. The van der Waals surface area contributed by atoms with Crippen molar-refractivity contribution >= 4 is 0 Å². The molecule has 0 heterocycles.